The van der Waals surface area contributed by atoms with Crippen LogP contribution in [0.4, 0.5) is 10.2 Å². The van der Waals surface area contributed by atoms with Crippen molar-refractivity contribution >= 4 is 56.6 Å². The Hall–Kier alpha value is -3.67. The quantitative estimate of drug-likeness (QED) is 0.333. The smallest absolute Gasteiger partial charge is 0.287 e. The van der Waals surface area contributed by atoms with Crippen molar-refractivity contribution in [2.45, 2.75) is 32.4 Å². The molecule has 4 aromatic rings. The molecule has 0 spiro atoms. The highest BCUT2D eigenvalue weighted by Gasteiger charge is 2.31. The first kappa shape index (κ1) is 26.0. The first-order valence-electron chi connectivity index (χ1n) is 11.8. The van der Waals surface area contributed by atoms with Crippen LogP contribution < -0.4 is 10.6 Å². The van der Waals surface area contributed by atoms with Crippen LogP contribution in [0.5, 0.6) is 0 Å². The highest BCUT2D eigenvalue weighted by Crippen LogP contribution is 2.36. The van der Waals surface area contributed by atoms with Crippen LogP contribution in [-0.4, -0.2) is 50.8 Å². The van der Waals surface area contributed by atoms with E-state index in [-0.39, 0.29) is 40.7 Å². The molecule has 0 bridgehead atoms. The summed E-state index contributed by atoms with van der Waals surface area (Å²) >= 11 is 7.60. The fourth-order valence-corrected chi connectivity index (χ4v) is 5.39. The van der Waals surface area contributed by atoms with Crippen LogP contribution in [0.25, 0.3) is 10.1 Å². The number of fused-ring (bicyclic) bond motifs is 1. The summed E-state index contributed by atoms with van der Waals surface area (Å²) in [6.07, 6.45) is 0. The summed E-state index contributed by atoms with van der Waals surface area (Å²) in [5.74, 6) is -2.48. The summed E-state index contributed by atoms with van der Waals surface area (Å²) in [6.45, 7) is 3.65. The molecule has 12 heteroatoms. The normalized spacial score (nSPS) is 14.2. The van der Waals surface area contributed by atoms with Crippen molar-refractivity contribution in [3.8, 4) is 0 Å². The Kier molecular flexibility index (Phi) is 7.24. The number of nitrogens with one attached hydrogen (secondary N) is 2. The largest absolute Gasteiger partial charge is 0.377 e. The maximum atomic E-state index is 14.2. The van der Waals surface area contributed by atoms with Gasteiger partial charge in [0.1, 0.15) is 17.3 Å². The van der Waals surface area contributed by atoms with Crippen LogP contribution in [0.15, 0.2) is 42.5 Å². The zero-order valence-corrected chi connectivity index (χ0v) is 22.0. The molecule has 38 heavy (non-hydrogen) atoms. The summed E-state index contributed by atoms with van der Waals surface area (Å²) < 4.78 is 25.9. The zero-order chi connectivity index (χ0) is 27.0. The second-order valence-corrected chi connectivity index (χ2v) is 10.2. The summed E-state index contributed by atoms with van der Waals surface area (Å²) in [4.78, 5) is 43.4. The van der Waals surface area contributed by atoms with E-state index in [1.807, 2.05) is 12.1 Å². The number of Topliss-reactive ketones (excluding diaryl/α,β-unsaturated/α-hetero) is 1. The molecule has 1 aliphatic heterocycles. The minimum absolute atomic E-state index is 0.0520. The van der Waals surface area contributed by atoms with Crippen molar-refractivity contribution < 1.29 is 23.5 Å². The van der Waals surface area contributed by atoms with E-state index >= 15 is 0 Å². The minimum Gasteiger partial charge on any atom is -0.377 e. The number of anilines is 1. The third kappa shape index (κ3) is 5.04. The summed E-state index contributed by atoms with van der Waals surface area (Å²) in [5, 5.41) is 6.56. The van der Waals surface area contributed by atoms with E-state index < -0.39 is 23.5 Å². The van der Waals surface area contributed by atoms with Gasteiger partial charge in [-0.25, -0.2) is 9.37 Å². The molecule has 0 saturated carbocycles. The average molecular weight is 556 g/mol. The van der Waals surface area contributed by atoms with Gasteiger partial charge in [-0.1, -0.05) is 36.7 Å². The van der Waals surface area contributed by atoms with Crippen LogP contribution in [0.1, 0.15) is 52.1 Å². The highest BCUT2D eigenvalue weighted by atomic mass is 35.5. The van der Waals surface area contributed by atoms with Gasteiger partial charge >= 0.3 is 0 Å². The van der Waals surface area contributed by atoms with Crippen molar-refractivity contribution in [3.05, 3.63) is 76.1 Å². The number of hydrogen-bond acceptors (Lipinski definition) is 7. The third-order valence-electron chi connectivity index (χ3n) is 6.22. The van der Waals surface area contributed by atoms with Gasteiger partial charge in [-0.05, 0) is 48.3 Å². The lowest BCUT2D eigenvalue weighted by atomic mass is 9.96. The van der Waals surface area contributed by atoms with Crippen LogP contribution in [-0.2, 0) is 16.1 Å². The van der Waals surface area contributed by atoms with Gasteiger partial charge in [0.15, 0.2) is 5.82 Å². The number of nitrogens with zero attached hydrogens (tertiary/aromatic N) is 3. The number of benzene rings is 2. The number of hydrogen-bond donors (Lipinski definition) is 2. The lowest BCUT2D eigenvalue weighted by molar-refractivity contribution is -0.117. The Morgan fingerprint density at radius 3 is 2.68 bits per heavy atom. The fraction of sp³-hybridized carbons (Fsp3) is 0.269. The predicted molar refractivity (Wildman–Crippen MR) is 141 cm³/mol. The molecule has 0 unspecified atom stereocenters. The van der Waals surface area contributed by atoms with Gasteiger partial charge in [0, 0.05) is 16.3 Å². The number of carbonyl (C=O) groups is 3. The molecule has 2 amide bonds. The number of ketones is 1. The number of aromatic nitrogens is 3. The molecule has 1 aliphatic rings. The number of imidazole rings is 1. The number of ether oxygens (including phenoxy) is 1. The number of amides is 2. The summed E-state index contributed by atoms with van der Waals surface area (Å²) in [5.41, 5.74) is 0.938. The minimum atomic E-state index is -0.652. The standard InChI is InChI=1S/C26H23ClFN5O4S/c1-13(34)10-33-22(14(2)18-9-15(28)7-8-19(18)27)23(30-24(33)26(36)29-16-11-37-12-16)31-25(35)21-17-5-3-4-6-20(17)38-32-21/h3-9,14,16H,10-12H2,1-2H3,(H,29,36)(H,31,35)/t14-/m1/s1. The molecular formula is C26H23ClFN5O4S. The molecular weight excluding hydrogens is 533 g/mol. The van der Waals surface area contributed by atoms with Crippen molar-refractivity contribution in [1.82, 2.24) is 19.2 Å². The Balaban J connectivity index is 1.62. The van der Waals surface area contributed by atoms with E-state index in [1.54, 1.807) is 19.1 Å². The molecule has 3 heterocycles. The molecule has 1 atom stereocenters. The van der Waals surface area contributed by atoms with Gasteiger partial charge in [-0.3, -0.25) is 14.4 Å². The van der Waals surface area contributed by atoms with Crippen molar-refractivity contribution in [1.29, 1.82) is 0 Å². The monoisotopic (exact) mass is 555 g/mol. The molecule has 1 fully saturated rings. The van der Waals surface area contributed by atoms with Crippen LogP contribution in [0.2, 0.25) is 5.02 Å². The van der Waals surface area contributed by atoms with Gasteiger partial charge in [0.2, 0.25) is 5.82 Å². The van der Waals surface area contributed by atoms with Crippen molar-refractivity contribution in [3.63, 3.8) is 0 Å². The van der Waals surface area contributed by atoms with Crippen LogP contribution in [0.3, 0.4) is 0 Å². The maximum absolute atomic E-state index is 14.2. The van der Waals surface area contributed by atoms with E-state index in [4.69, 9.17) is 16.3 Å². The molecule has 1 saturated heterocycles. The van der Waals surface area contributed by atoms with Crippen molar-refractivity contribution in [2.75, 3.05) is 18.5 Å². The average Bonchev–Trinajstić information content (AvgIpc) is 3.44. The Bertz CT molecular complexity index is 1560. The molecule has 9 nitrogen and oxygen atoms in total. The first-order valence-corrected chi connectivity index (χ1v) is 13.0. The number of carbonyl (C=O) groups excluding carboxylic acids is 3. The number of rotatable bonds is 8. The predicted octanol–water partition coefficient (Wildman–Crippen LogP) is 4.41. The zero-order valence-electron chi connectivity index (χ0n) is 20.5. The molecule has 2 aromatic carbocycles. The first-order chi connectivity index (χ1) is 18.2. The van der Waals surface area contributed by atoms with Gasteiger partial charge in [-0.15, -0.1) is 0 Å². The SMILES string of the molecule is CC(=O)Cn1c(C(=O)NC2COC2)nc(NC(=O)c2nsc3ccccc23)c1[C@H](C)c1cc(F)ccc1Cl. The topological polar surface area (TPSA) is 115 Å². The van der Waals surface area contributed by atoms with Crippen molar-refractivity contribution in [2.24, 2.45) is 0 Å². The second kappa shape index (κ2) is 10.6. The van der Waals surface area contributed by atoms with Gasteiger partial charge < -0.3 is 19.9 Å². The summed E-state index contributed by atoms with van der Waals surface area (Å²) in [7, 11) is 0. The van der Waals surface area contributed by atoms with Crippen LogP contribution >= 0.6 is 23.1 Å². The molecule has 2 N–H and O–H groups in total. The lowest BCUT2D eigenvalue weighted by Crippen LogP contribution is -2.49. The highest BCUT2D eigenvalue weighted by molar-refractivity contribution is 7.13. The second-order valence-electron chi connectivity index (χ2n) is 9.03. The van der Waals surface area contributed by atoms with E-state index in [2.05, 4.69) is 20.0 Å². The molecule has 196 valence electrons. The van der Waals surface area contributed by atoms with Gasteiger partial charge in [-0.2, -0.15) is 4.37 Å². The van der Waals surface area contributed by atoms with Gasteiger partial charge in [0.25, 0.3) is 11.8 Å². The molecule has 0 aliphatic carbocycles. The van der Waals surface area contributed by atoms with E-state index in [9.17, 15) is 18.8 Å². The Morgan fingerprint density at radius 1 is 1.21 bits per heavy atom. The fourth-order valence-electron chi connectivity index (χ4n) is 4.33. The lowest BCUT2D eigenvalue weighted by Gasteiger charge is -2.26. The Morgan fingerprint density at radius 2 is 1.97 bits per heavy atom. The van der Waals surface area contributed by atoms with E-state index in [1.165, 1.54) is 41.2 Å². The maximum Gasteiger partial charge on any atom is 0.287 e. The van der Waals surface area contributed by atoms with Crippen LogP contribution in [0, 0.1) is 5.82 Å². The van der Waals surface area contributed by atoms with E-state index in [0.717, 1.165) is 4.70 Å². The molecule has 0 radical (unpaired) electrons. The Labute approximate surface area is 226 Å². The van der Waals surface area contributed by atoms with E-state index in [0.29, 0.717) is 29.9 Å². The number of halogens is 2. The molecule has 5 rings (SSSR count). The third-order valence-corrected chi connectivity index (χ3v) is 7.39. The summed E-state index contributed by atoms with van der Waals surface area (Å²) in [6, 6.07) is 11.1. The van der Waals surface area contributed by atoms with Gasteiger partial charge in [0.05, 0.1) is 36.2 Å². The molecule has 2 aromatic heterocycles.